The minimum Gasteiger partial charge on any atom is -0.393 e. The summed E-state index contributed by atoms with van der Waals surface area (Å²) in [5.41, 5.74) is 1.50. The van der Waals surface area contributed by atoms with Gasteiger partial charge in [-0.05, 0) is 24.5 Å². The number of benzene rings is 1. The van der Waals surface area contributed by atoms with Crippen molar-refractivity contribution in [3.8, 4) is 0 Å². The third-order valence-electron chi connectivity index (χ3n) is 2.80. The van der Waals surface area contributed by atoms with Crippen molar-refractivity contribution in [2.45, 2.75) is 32.5 Å². The van der Waals surface area contributed by atoms with Gasteiger partial charge in [-0.3, -0.25) is 4.79 Å². The lowest BCUT2D eigenvalue weighted by Crippen LogP contribution is -2.27. The summed E-state index contributed by atoms with van der Waals surface area (Å²) in [6.45, 7) is 2.82. The van der Waals surface area contributed by atoms with Crippen molar-refractivity contribution < 1.29 is 14.6 Å². The fourth-order valence-corrected chi connectivity index (χ4v) is 1.67. The van der Waals surface area contributed by atoms with E-state index in [-0.39, 0.29) is 12.0 Å². The fraction of sp³-hybridized carbons (Fsp3) is 0.500. The number of hydrogen-bond donors (Lipinski definition) is 2. The lowest BCUT2D eigenvalue weighted by molar-refractivity contribution is 0.0937. The molecule has 4 heteroatoms. The molecule has 18 heavy (non-hydrogen) atoms. The number of carbonyl (C=O) groups excluding carboxylic acids is 1. The molecule has 1 atom stereocenters. The number of ether oxygens (including phenoxy) is 1. The molecule has 1 aromatic carbocycles. The molecule has 4 nitrogen and oxygen atoms in total. The first kappa shape index (κ1) is 14.7. The molecule has 2 N–H and O–H groups in total. The standard InChI is InChI=1S/C14H21NO3/c1-3-12(16)8-9-15-14(17)13-7-5-4-6-11(13)10-18-2/h4-7,12,16H,3,8-10H2,1-2H3,(H,15,17). The normalized spacial score (nSPS) is 12.2. The maximum absolute atomic E-state index is 12.0. The van der Waals surface area contributed by atoms with Gasteiger partial charge in [0.25, 0.3) is 5.91 Å². The maximum Gasteiger partial charge on any atom is 0.251 e. The zero-order valence-electron chi connectivity index (χ0n) is 11.0. The van der Waals surface area contributed by atoms with E-state index in [9.17, 15) is 9.90 Å². The SMILES string of the molecule is CCC(O)CCNC(=O)c1ccccc1COC. The van der Waals surface area contributed by atoms with E-state index in [2.05, 4.69) is 5.32 Å². The number of hydrogen-bond acceptors (Lipinski definition) is 3. The first-order valence-electron chi connectivity index (χ1n) is 6.22. The van der Waals surface area contributed by atoms with Crippen LogP contribution in [0.2, 0.25) is 0 Å². The molecule has 1 aromatic rings. The van der Waals surface area contributed by atoms with Crippen LogP contribution in [0, 0.1) is 0 Å². The molecule has 0 heterocycles. The molecule has 0 saturated carbocycles. The quantitative estimate of drug-likeness (QED) is 0.776. The van der Waals surface area contributed by atoms with Gasteiger partial charge in [-0.2, -0.15) is 0 Å². The summed E-state index contributed by atoms with van der Waals surface area (Å²) < 4.78 is 5.06. The van der Waals surface area contributed by atoms with Gasteiger partial charge < -0.3 is 15.2 Å². The van der Waals surface area contributed by atoms with Crippen LogP contribution in [-0.4, -0.2) is 30.8 Å². The first-order chi connectivity index (χ1) is 8.69. The highest BCUT2D eigenvalue weighted by Crippen LogP contribution is 2.09. The van der Waals surface area contributed by atoms with Gasteiger partial charge >= 0.3 is 0 Å². The minimum absolute atomic E-state index is 0.119. The van der Waals surface area contributed by atoms with Crippen molar-refractivity contribution in [1.82, 2.24) is 5.32 Å². The van der Waals surface area contributed by atoms with E-state index in [4.69, 9.17) is 4.74 Å². The number of nitrogens with one attached hydrogen (secondary N) is 1. The number of rotatable bonds is 7. The van der Waals surface area contributed by atoms with Gasteiger partial charge in [0.2, 0.25) is 0 Å². The lowest BCUT2D eigenvalue weighted by atomic mass is 10.1. The van der Waals surface area contributed by atoms with E-state index in [0.29, 0.717) is 31.6 Å². The van der Waals surface area contributed by atoms with Crippen molar-refractivity contribution in [2.24, 2.45) is 0 Å². The van der Waals surface area contributed by atoms with Gasteiger partial charge in [0.05, 0.1) is 12.7 Å². The smallest absolute Gasteiger partial charge is 0.251 e. The van der Waals surface area contributed by atoms with E-state index >= 15 is 0 Å². The molecule has 1 amide bonds. The van der Waals surface area contributed by atoms with Crippen LogP contribution in [-0.2, 0) is 11.3 Å². The first-order valence-corrected chi connectivity index (χ1v) is 6.22. The Bertz CT molecular complexity index is 379. The van der Waals surface area contributed by atoms with Crippen LogP contribution in [0.3, 0.4) is 0 Å². The Morgan fingerprint density at radius 1 is 1.44 bits per heavy atom. The predicted octanol–water partition coefficient (Wildman–Crippen LogP) is 1.72. The number of amides is 1. The molecular weight excluding hydrogens is 230 g/mol. The highest BCUT2D eigenvalue weighted by Gasteiger charge is 2.10. The largest absolute Gasteiger partial charge is 0.393 e. The summed E-state index contributed by atoms with van der Waals surface area (Å²) in [4.78, 5) is 12.0. The number of aliphatic hydroxyl groups is 1. The minimum atomic E-state index is -0.348. The van der Waals surface area contributed by atoms with Crippen LogP contribution >= 0.6 is 0 Å². The summed E-state index contributed by atoms with van der Waals surface area (Å²) in [5.74, 6) is -0.119. The Kier molecular flexibility index (Phi) is 6.39. The highest BCUT2D eigenvalue weighted by molar-refractivity contribution is 5.95. The summed E-state index contributed by atoms with van der Waals surface area (Å²) in [6.07, 6.45) is 0.935. The van der Waals surface area contributed by atoms with E-state index in [1.807, 2.05) is 25.1 Å². The topological polar surface area (TPSA) is 58.6 Å². The van der Waals surface area contributed by atoms with Crippen LogP contribution in [0.1, 0.15) is 35.7 Å². The van der Waals surface area contributed by atoms with E-state index < -0.39 is 0 Å². The Hall–Kier alpha value is -1.39. The molecule has 0 aliphatic heterocycles. The van der Waals surface area contributed by atoms with Gasteiger partial charge in [0.1, 0.15) is 0 Å². The predicted molar refractivity (Wildman–Crippen MR) is 70.4 cm³/mol. The summed E-state index contributed by atoms with van der Waals surface area (Å²) in [5, 5.41) is 12.2. The molecule has 1 unspecified atom stereocenters. The third kappa shape index (κ3) is 4.47. The van der Waals surface area contributed by atoms with Crippen molar-refractivity contribution in [2.75, 3.05) is 13.7 Å². The number of carbonyl (C=O) groups is 1. The second-order valence-corrected chi connectivity index (χ2v) is 4.20. The highest BCUT2D eigenvalue weighted by atomic mass is 16.5. The van der Waals surface area contributed by atoms with Crippen LogP contribution in [0.4, 0.5) is 0 Å². The lowest BCUT2D eigenvalue weighted by Gasteiger charge is -2.11. The van der Waals surface area contributed by atoms with Crippen LogP contribution < -0.4 is 5.32 Å². The number of methoxy groups -OCH3 is 1. The van der Waals surface area contributed by atoms with E-state index in [1.165, 1.54) is 0 Å². The molecule has 0 fully saturated rings. The van der Waals surface area contributed by atoms with Crippen LogP contribution in [0.5, 0.6) is 0 Å². The van der Waals surface area contributed by atoms with Crippen molar-refractivity contribution in [1.29, 1.82) is 0 Å². The Balaban J connectivity index is 2.55. The van der Waals surface area contributed by atoms with Crippen molar-refractivity contribution in [3.63, 3.8) is 0 Å². The molecule has 0 aliphatic carbocycles. The average molecular weight is 251 g/mol. The zero-order chi connectivity index (χ0) is 13.4. The van der Waals surface area contributed by atoms with Gasteiger partial charge in [0.15, 0.2) is 0 Å². The van der Waals surface area contributed by atoms with Gasteiger partial charge in [-0.25, -0.2) is 0 Å². The van der Waals surface area contributed by atoms with Gasteiger partial charge in [-0.15, -0.1) is 0 Å². The second kappa shape index (κ2) is 7.84. The third-order valence-corrected chi connectivity index (χ3v) is 2.80. The summed E-state index contributed by atoms with van der Waals surface area (Å²) >= 11 is 0. The molecule has 100 valence electrons. The molecule has 0 radical (unpaired) electrons. The average Bonchev–Trinajstić information content (AvgIpc) is 2.39. The monoisotopic (exact) mass is 251 g/mol. The number of aliphatic hydroxyl groups excluding tert-OH is 1. The van der Waals surface area contributed by atoms with E-state index in [1.54, 1.807) is 13.2 Å². The molecule has 1 rings (SSSR count). The van der Waals surface area contributed by atoms with Gasteiger partial charge in [-0.1, -0.05) is 25.1 Å². The second-order valence-electron chi connectivity index (χ2n) is 4.20. The Labute approximate surface area is 108 Å². The van der Waals surface area contributed by atoms with Crippen molar-refractivity contribution >= 4 is 5.91 Å². The van der Waals surface area contributed by atoms with Crippen LogP contribution in [0.15, 0.2) is 24.3 Å². The van der Waals surface area contributed by atoms with Crippen LogP contribution in [0.25, 0.3) is 0 Å². The maximum atomic E-state index is 12.0. The summed E-state index contributed by atoms with van der Waals surface area (Å²) in [6, 6.07) is 7.36. The fourth-order valence-electron chi connectivity index (χ4n) is 1.67. The zero-order valence-corrected chi connectivity index (χ0v) is 11.0. The van der Waals surface area contributed by atoms with Gasteiger partial charge in [0, 0.05) is 19.2 Å². The molecular formula is C14H21NO3. The van der Waals surface area contributed by atoms with E-state index in [0.717, 1.165) is 5.56 Å². The molecule has 0 aromatic heterocycles. The molecule has 0 aliphatic rings. The van der Waals surface area contributed by atoms with Crippen molar-refractivity contribution in [3.05, 3.63) is 35.4 Å². The Morgan fingerprint density at radius 2 is 2.17 bits per heavy atom. The molecule has 0 saturated heterocycles. The molecule has 0 bridgehead atoms. The molecule has 0 spiro atoms. The summed E-state index contributed by atoms with van der Waals surface area (Å²) in [7, 11) is 1.60. The Morgan fingerprint density at radius 3 is 2.83 bits per heavy atom.